The van der Waals surface area contributed by atoms with Crippen molar-refractivity contribution in [2.24, 2.45) is 0 Å². The van der Waals surface area contributed by atoms with Crippen LogP contribution >= 0.6 is 0 Å². The lowest BCUT2D eigenvalue weighted by atomic mass is 10.0. The van der Waals surface area contributed by atoms with Crippen molar-refractivity contribution in [1.29, 1.82) is 0 Å². The number of benzene rings is 1. The molecule has 0 spiro atoms. The number of imidazole rings is 2. The molecule has 5 aromatic rings. The van der Waals surface area contributed by atoms with Gasteiger partial charge in [-0.05, 0) is 61.8 Å². The predicted octanol–water partition coefficient (Wildman–Crippen LogP) is 5.93. The summed E-state index contributed by atoms with van der Waals surface area (Å²) in [5.41, 5.74) is 6.67. The van der Waals surface area contributed by atoms with E-state index in [4.69, 9.17) is 14.7 Å². The molecular formula is C40H46N10O6. The molecule has 7 rings (SSSR count). The zero-order valence-electron chi connectivity index (χ0n) is 31.9. The first-order valence-corrected chi connectivity index (χ1v) is 19.0. The molecule has 1 aromatic carbocycles. The van der Waals surface area contributed by atoms with Gasteiger partial charge in [0, 0.05) is 43.7 Å². The number of aromatic amines is 2. The topological polar surface area (TPSA) is 203 Å². The lowest BCUT2D eigenvalue weighted by Gasteiger charge is -2.31. The van der Waals surface area contributed by atoms with E-state index in [9.17, 15) is 24.3 Å². The predicted molar refractivity (Wildman–Crippen MR) is 207 cm³/mol. The van der Waals surface area contributed by atoms with Crippen LogP contribution in [-0.2, 0) is 14.3 Å². The molecule has 16 heteroatoms. The molecule has 292 valence electrons. The summed E-state index contributed by atoms with van der Waals surface area (Å²) < 4.78 is 4.70. The number of likely N-dealkylation sites (tertiary alicyclic amines) is 2. The van der Waals surface area contributed by atoms with Gasteiger partial charge in [-0.2, -0.15) is 0 Å². The summed E-state index contributed by atoms with van der Waals surface area (Å²) in [4.78, 5) is 80.2. The van der Waals surface area contributed by atoms with Crippen LogP contribution in [0.5, 0.6) is 0 Å². The van der Waals surface area contributed by atoms with Gasteiger partial charge in [-0.25, -0.2) is 19.6 Å². The van der Waals surface area contributed by atoms with Crippen molar-refractivity contribution in [3.05, 3.63) is 72.8 Å². The van der Waals surface area contributed by atoms with Gasteiger partial charge in [0.05, 0.1) is 54.0 Å². The Kier molecular flexibility index (Phi) is 11.0. The Balaban J connectivity index is 1.03. The van der Waals surface area contributed by atoms with Gasteiger partial charge in [0.15, 0.2) is 0 Å². The molecule has 4 aromatic heterocycles. The zero-order chi connectivity index (χ0) is 39.5. The van der Waals surface area contributed by atoms with Crippen molar-refractivity contribution < 1.29 is 29.0 Å². The third kappa shape index (κ3) is 7.50. The van der Waals surface area contributed by atoms with E-state index in [1.165, 1.54) is 14.2 Å². The van der Waals surface area contributed by atoms with E-state index in [1.807, 2.05) is 56.4 Å². The number of ether oxygens (including phenoxy) is 1. The normalized spacial score (nSPS) is 17.9. The Hall–Kier alpha value is -6.32. The second-order valence-corrected chi connectivity index (χ2v) is 14.2. The lowest BCUT2D eigenvalue weighted by molar-refractivity contribution is -0.137. The molecule has 2 aliphatic rings. The number of hydrogen-bond acceptors (Lipinski definition) is 9. The van der Waals surface area contributed by atoms with Crippen LogP contribution in [0.4, 0.5) is 9.59 Å². The first kappa shape index (κ1) is 38.0. The largest absolute Gasteiger partial charge is 0.465 e. The van der Waals surface area contributed by atoms with E-state index in [1.54, 1.807) is 28.4 Å². The highest BCUT2D eigenvalue weighted by Crippen LogP contribution is 2.35. The number of carboxylic acid groups (broad SMARTS) is 1. The number of carbonyl (C=O) groups excluding carboxylic acids is 3. The summed E-state index contributed by atoms with van der Waals surface area (Å²) in [6.45, 7) is 4.80. The first-order valence-electron chi connectivity index (χ1n) is 19.0. The standard InChI is InChI=1S/C40H46N10O6/c1-5-27(47-39(53)56-4)37(51)49-15-7-9-33(49)35-44-22-31(46-35)26-18-29-28(42-20-26)17-25(19-41-29)23-11-13-24(14-12-23)30-21-43-36(45-30)34-10-8-16-50(34)38(52)32(6-2)48(3)40(54)55/h11-14,17-22,27,32-34H,5-10,15-16H2,1-4H3,(H,43,45)(H,44,46)(H,47,53)(H,54,55)/t27-,32-,33-,34-/m0/s1. The molecule has 0 bridgehead atoms. The summed E-state index contributed by atoms with van der Waals surface area (Å²) in [5.74, 6) is 1.00. The van der Waals surface area contributed by atoms with E-state index in [-0.39, 0.29) is 23.9 Å². The number of carbonyl (C=O) groups is 4. The van der Waals surface area contributed by atoms with Gasteiger partial charge in [-0.1, -0.05) is 38.1 Å². The van der Waals surface area contributed by atoms with Gasteiger partial charge in [0.25, 0.3) is 0 Å². The highest BCUT2D eigenvalue weighted by molar-refractivity contribution is 5.87. The van der Waals surface area contributed by atoms with Crippen molar-refractivity contribution in [1.82, 2.24) is 49.9 Å². The third-order valence-electron chi connectivity index (χ3n) is 10.9. The minimum Gasteiger partial charge on any atom is -0.465 e. The van der Waals surface area contributed by atoms with Gasteiger partial charge in [-0.3, -0.25) is 24.5 Å². The summed E-state index contributed by atoms with van der Waals surface area (Å²) >= 11 is 0. The molecule has 4 N–H and O–H groups in total. The summed E-state index contributed by atoms with van der Waals surface area (Å²) in [6, 6.07) is 10.1. The fourth-order valence-corrected chi connectivity index (χ4v) is 7.76. The molecule has 0 radical (unpaired) electrons. The molecular weight excluding hydrogens is 717 g/mol. The minimum absolute atomic E-state index is 0.160. The summed E-state index contributed by atoms with van der Waals surface area (Å²) in [5, 5.41) is 12.1. The van der Waals surface area contributed by atoms with Crippen LogP contribution in [0, 0.1) is 0 Å². The van der Waals surface area contributed by atoms with Crippen molar-refractivity contribution >= 4 is 35.0 Å². The molecule has 2 aliphatic heterocycles. The highest BCUT2D eigenvalue weighted by Gasteiger charge is 2.38. The number of H-pyrrole nitrogens is 2. The Morgan fingerprint density at radius 3 is 1.88 bits per heavy atom. The number of pyridine rings is 2. The fraction of sp³-hybridized carbons (Fsp3) is 0.400. The summed E-state index contributed by atoms with van der Waals surface area (Å²) in [7, 11) is 2.71. The van der Waals surface area contributed by atoms with Gasteiger partial charge < -0.3 is 34.9 Å². The number of methoxy groups -OCH3 is 1. The quantitative estimate of drug-likeness (QED) is 0.125. The third-order valence-corrected chi connectivity index (χ3v) is 10.9. The number of aromatic nitrogens is 6. The molecule has 0 aliphatic carbocycles. The number of amides is 4. The molecule has 16 nitrogen and oxygen atoms in total. The highest BCUT2D eigenvalue weighted by atomic mass is 16.5. The average molecular weight is 763 g/mol. The van der Waals surface area contributed by atoms with Crippen LogP contribution in [0.2, 0.25) is 0 Å². The Bertz CT molecular complexity index is 2240. The van der Waals surface area contributed by atoms with Crippen LogP contribution in [0.15, 0.2) is 61.2 Å². The zero-order valence-corrected chi connectivity index (χ0v) is 31.9. The van der Waals surface area contributed by atoms with Gasteiger partial charge in [-0.15, -0.1) is 0 Å². The maximum atomic E-state index is 13.4. The first-order chi connectivity index (χ1) is 27.1. The molecule has 2 fully saturated rings. The molecule has 6 heterocycles. The Morgan fingerprint density at radius 1 is 0.786 bits per heavy atom. The van der Waals surface area contributed by atoms with Crippen molar-refractivity contribution in [2.45, 2.75) is 76.5 Å². The number of fused-ring (bicyclic) bond motifs is 1. The average Bonchev–Trinajstić information content (AvgIpc) is 4.06. The van der Waals surface area contributed by atoms with Gasteiger partial charge in [0.1, 0.15) is 23.7 Å². The van der Waals surface area contributed by atoms with E-state index >= 15 is 0 Å². The molecule has 2 saturated heterocycles. The number of alkyl carbamates (subject to hydrolysis) is 1. The fourth-order valence-electron chi connectivity index (χ4n) is 7.76. The molecule has 0 unspecified atom stereocenters. The number of nitrogens with one attached hydrogen (secondary N) is 3. The van der Waals surface area contributed by atoms with Crippen LogP contribution in [0.25, 0.3) is 44.7 Å². The van der Waals surface area contributed by atoms with E-state index in [0.29, 0.717) is 37.6 Å². The van der Waals surface area contributed by atoms with Crippen molar-refractivity contribution in [2.75, 3.05) is 27.2 Å². The van der Waals surface area contributed by atoms with Crippen molar-refractivity contribution in [3.63, 3.8) is 0 Å². The SMILES string of the molecule is CC[C@H](NC(=O)OC)C(=O)N1CCC[C@H]1c1ncc(-c2cnc3cc(-c4ccc(-c5cnc([C@@H]6CCCN6C(=O)[C@H](CC)N(C)C(=O)O)[nH]5)cc4)cnc3c2)[nH]1. The number of nitrogens with zero attached hydrogens (tertiary/aromatic N) is 7. The Labute approximate surface area is 323 Å². The van der Waals surface area contributed by atoms with E-state index < -0.39 is 24.3 Å². The van der Waals surface area contributed by atoms with Crippen molar-refractivity contribution in [3.8, 4) is 33.6 Å². The van der Waals surface area contributed by atoms with Crippen LogP contribution < -0.4 is 5.32 Å². The molecule has 4 amide bonds. The second-order valence-electron chi connectivity index (χ2n) is 14.2. The van der Waals surface area contributed by atoms with Crippen LogP contribution in [-0.4, -0.2) is 113 Å². The van der Waals surface area contributed by atoms with Crippen LogP contribution in [0.3, 0.4) is 0 Å². The van der Waals surface area contributed by atoms with Gasteiger partial charge >= 0.3 is 12.2 Å². The lowest BCUT2D eigenvalue weighted by Crippen LogP contribution is -2.48. The minimum atomic E-state index is -1.13. The number of hydrogen-bond donors (Lipinski definition) is 4. The van der Waals surface area contributed by atoms with Crippen LogP contribution in [0.1, 0.15) is 76.1 Å². The van der Waals surface area contributed by atoms with E-state index in [2.05, 4.69) is 25.3 Å². The number of rotatable bonds is 11. The molecule has 56 heavy (non-hydrogen) atoms. The maximum Gasteiger partial charge on any atom is 0.407 e. The molecule has 0 saturated carbocycles. The smallest absolute Gasteiger partial charge is 0.407 e. The Morgan fingerprint density at radius 2 is 1.32 bits per heavy atom. The second kappa shape index (κ2) is 16.2. The monoisotopic (exact) mass is 762 g/mol. The molecule has 4 atom stereocenters. The van der Waals surface area contributed by atoms with E-state index in [0.717, 1.165) is 75.3 Å². The maximum absolute atomic E-state index is 13.4. The number of likely N-dealkylation sites (N-methyl/N-ethyl adjacent to an activating group) is 1. The summed E-state index contributed by atoms with van der Waals surface area (Å²) in [6.07, 6.45) is 9.33. The van der Waals surface area contributed by atoms with Gasteiger partial charge in [0.2, 0.25) is 11.8 Å².